The van der Waals surface area contributed by atoms with E-state index in [4.69, 9.17) is 15.2 Å². The molecule has 0 amide bonds. The molecule has 0 aliphatic rings. The normalized spacial score (nSPS) is 10.7. The molecule has 6 rings (SSSR count). The summed E-state index contributed by atoms with van der Waals surface area (Å²) >= 11 is 0. The first-order valence-corrected chi connectivity index (χ1v) is 12.1. The van der Waals surface area contributed by atoms with Gasteiger partial charge < -0.3 is 15.2 Å². The summed E-state index contributed by atoms with van der Waals surface area (Å²) < 4.78 is 14.8. The van der Waals surface area contributed by atoms with Crippen molar-refractivity contribution in [1.29, 1.82) is 0 Å². The molecule has 0 saturated heterocycles. The molecule has 0 spiro atoms. The number of aryl methyl sites for hydroxylation is 2. The molecule has 11 heteroatoms. The maximum atomic E-state index is 10.8. The predicted octanol–water partition coefficient (Wildman–Crippen LogP) is 5.21. The number of anilines is 1. The summed E-state index contributed by atoms with van der Waals surface area (Å²) in [5, 5.41) is 2.98. The van der Waals surface area contributed by atoms with E-state index < -0.39 is 0 Å². The molecule has 4 aromatic heterocycles. The van der Waals surface area contributed by atoms with Crippen LogP contribution in [0.1, 0.15) is 22.5 Å². The minimum absolute atomic E-state index is 0.270. The number of nitroso groups, excluding NO2 is 1. The van der Waals surface area contributed by atoms with Crippen LogP contribution < -0.4 is 15.2 Å². The third kappa shape index (κ3) is 5.52. The van der Waals surface area contributed by atoms with Gasteiger partial charge in [0.1, 0.15) is 19.0 Å². The lowest BCUT2D eigenvalue weighted by Gasteiger charge is -2.06. The number of aromatic nitrogens is 6. The van der Waals surface area contributed by atoms with Crippen LogP contribution in [0.15, 0.2) is 90.6 Å². The molecule has 2 N–H and O–H groups in total. The monoisotopic (exact) mass is 522 g/mol. The zero-order valence-electron chi connectivity index (χ0n) is 21.4. The summed E-state index contributed by atoms with van der Waals surface area (Å²) in [5.74, 6) is 1.76. The van der Waals surface area contributed by atoms with E-state index in [1.54, 1.807) is 40.5 Å². The Morgan fingerprint density at radius 1 is 0.744 bits per heavy atom. The maximum Gasteiger partial charge on any atom is 0.258 e. The van der Waals surface area contributed by atoms with E-state index >= 15 is 0 Å². The van der Waals surface area contributed by atoms with E-state index in [1.165, 1.54) is 0 Å². The first kappa shape index (κ1) is 25.3. The van der Waals surface area contributed by atoms with E-state index in [0.29, 0.717) is 47.8 Å². The van der Waals surface area contributed by atoms with Gasteiger partial charge in [0, 0.05) is 24.8 Å². The number of imidazole rings is 2. The standard InChI is InChI=1S/C14H12N4O2.C14H14N4O/c1-10-12(17-19)18-8-7-15-14(13(18)16-10)20-9-11-5-3-2-4-6-11;1-10-12(15)18-8-7-16-14(13(18)17-10)19-9-11-5-3-2-4-6-11/h2-8H,9H2,1H3;2-8H,9,15H2,1H3. The molecule has 0 fully saturated rings. The van der Waals surface area contributed by atoms with Crippen molar-refractivity contribution in [2.75, 3.05) is 5.73 Å². The number of hydrogen-bond acceptors (Lipinski definition) is 9. The van der Waals surface area contributed by atoms with Crippen LogP contribution in [0.4, 0.5) is 11.6 Å². The molecule has 0 bridgehead atoms. The maximum absolute atomic E-state index is 10.8. The van der Waals surface area contributed by atoms with Gasteiger partial charge in [0.2, 0.25) is 17.1 Å². The quantitative estimate of drug-likeness (QED) is 0.282. The van der Waals surface area contributed by atoms with E-state index in [1.807, 2.05) is 67.6 Å². The summed E-state index contributed by atoms with van der Waals surface area (Å²) in [5.41, 5.74) is 10.5. The fraction of sp³-hybridized carbons (Fsp3) is 0.143. The highest BCUT2D eigenvalue weighted by Gasteiger charge is 2.14. The lowest BCUT2D eigenvalue weighted by Crippen LogP contribution is -2.00. The number of rotatable bonds is 7. The Morgan fingerprint density at radius 2 is 1.23 bits per heavy atom. The van der Waals surface area contributed by atoms with E-state index in [9.17, 15) is 4.91 Å². The first-order chi connectivity index (χ1) is 19.0. The van der Waals surface area contributed by atoms with Gasteiger partial charge in [-0.15, -0.1) is 4.91 Å². The Kier molecular flexibility index (Phi) is 7.39. The average molecular weight is 523 g/mol. The van der Waals surface area contributed by atoms with Gasteiger partial charge >= 0.3 is 0 Å². The molecule has 11 nitrogen and oxygen atoms in total. The number of ether oxygens (including phenoxy) is 2. The summed E-state index contributed by atoms with van der Waals surface area (Å²) in [6.07, 6.45) is 6.63. The van der Waals surface area contributed by atoms with E-state index in [-0.39, 0.29) is 5.82 Å². The smallest absolute Gasteiger partial charge is 0.258 e. The predicted molar refractivity (Wildman–Crippen MR) is 147 cm³/mol. The van der Waals surface area contributed by atoms with E-state index in [2.05, 4.69) is 25.1 Å². The van der Waals surface area contributed by atoms with Crippen LogP contribution in [-0.4, -0.2) is 28.7 Å². The van der Waals surface area contributed by atoms with Gasteiger partial charge in [-0.1, -0.05) is 60.7 Å². The second-order valence-electron chi connectivity index (χ2n) is 8.60. The second-order valence-corrected chi connectivity index (χ2v) is 8.60. The van der Waals surface area contributed by atoms with Crippen LogP contribution >= 0.6 is 0 Å². The Bertz CT molecular complexity index is 1720. The SMILES string of the molecule is Cc1nc2c(OCc3ccccc3)nccn2c1N.Cc1nc2c(OCc3ccccc3)nccn2c1N=O. The van der Waals surface area contributed by atoms with Crippen LogP contribution in [0, 0.1) is 18.8 Å². The minimum atomic E-state index is 0.270. The Hall–Kier alpha value is -5.32. The van der Waals surface area contributed by atoms with Crippen molar-refractivity contribution in [3.05, 3.63) is 113 Å². The van der Waals surface area contributed by atoms with Crippen LogP contribution in [0.5, 0.6) is 11.8 Å². The number of nitrogens with two attached hydrogens (primary N) is 1. The summed E-state index contributed by atoms with van der Waals surface area (Å²) in [7, 11) is 0. The number of nitrogens with zero attached hydrogens (tertiary/aromatic N) is 7. The number of nitrogen functional groups attached to an aromatic ring is 1. The number of benzene rings is 2. The minimum Gasteiger partial charge on any atom is -0.470 e. The van der Waals surface area contributed by atoms with Crippen LogP contribution in [-0.2, 0) is 13.2 Å². The van der Waals surface area contributed by atoms with Crippen molar-refractivity contribution >= 4 is 22.9 Å². The number of fused-ring (bicyclic) bond motifs is 2. The lowest BCUT2D eigenvalue weighted by molar-refractivity contribution is 0.296. The first-order valence-electron chi connectivity index (χ1n) is 12.1. The highest BCUT2D eigenvalue weighted by atomic mass is 16.5. The van der Waals surface area contributed by atoms with Crippen molar-refractivity contribution < 1.29 is 9.47 Å². The Balaban J connectivity index is 0.000000158. The molecule has 196 valence electrons. The molecule has 2 aromatic carbocycles. The highest BCUT2D eigenvalue weighted by molar-refractivity contribution is 5.58. The van der Waals surface area contributed by atoms with Crippen molar-refractivity contribution in [1.82, 2.24) is 28.7 Å². The average Bonchev–Trinajstić information content (AvgIpc) is 3.47. The molecule has 0 saturated carbocycles. The molecular weight excluding hydrogens is 496 g/mol. The molecular formula is C28H26N8O3. The second kappa shape index (κ2) is 11.4. The molecule has 0 aliphatic heterocycles. The zero-order chi connectivity index (χ0) is 27.2. The number of hydrogen-bond donors (Lipinski definition) is 1. The van der Waals surface area contributed by atoms with Gasteiger partial charge in [0.25, 0.3) is 11.8 Å². The summed E-state index contributed by atoms with van der Waals surface area (Å²) in [4.78, 5) is 27.9. The van der Waals surface area contributed by atoms with Crippen molar-refractivity contribution in [2.24, 2.45) is 5.18 Å². The van der Waals surface area contributed by atoms with Crippen LogP contribution in [0.25, 0.3) is 11.3 Å². The largest absolute Gasteiger partial charge is 0.470 e. The fourth-order valence-electron chi connectivity index (χ4n) is 3.91. The van der Waals surface area contributed by atoms with Gasteiger partial charge in [0.15, 0.2) is 0 Å². The van der Waals surface area contributed by atoms with Crippen LogP contribution in [0.3, 0.4) is 0 Å². The van der Waals surface area contributed by atoms with Crippen molar-refractivity contribution in [2.45, 2.75) is 27.1 Å². The highest BCUT2D eigenvalue weighted by Crippen LogP contribution is 2.25. The van der Waals surface area contributed by atoms with Crippen LogP contribution in [0.2, 0.25) is 0 Å². The molecule has 4 heterocycles. The molecule has 0 aliphatic carbocycles. The third-order valence-corrected chi connectivity index (χ3v) is 5.91. The molecule has 0 radical (unpaired) electrons. The van der Waals surface area contributed by atoms with Gasteiger partial charge in [-0.3, -0.25) is 8.80 Å². The Morgan fingerprint density at radius 3 is 1.77 bits per heavy atom. The van der Waals surface area contributed by atoms with Crippen molar-refractivity contribution in [3.63, 3.8) is 0 Å². The van der Waals surface area contributed by atoms with Gasteiger partial charge in [0.05, 0.1) is 11.4 Å². The Labute approximate surface area is 223 Å². The topological polar surface area (TPSA) is 134 Å². The van der Waals surface area contributed by atoms with Gasteiger partial charge in [-0.05, 0) is 30.2 Å². The summed E-state index contributed by atoms with van der Waals surface area (Å²) in [6, 6.07) is 19.7. The zero-order valence-corrected chi connectivity index (χ0v) is 21.4. The van der Waals surface area contributed by atoms with Crippen molar-refractivity contribution in [3.8, 4) is 11.8 Å². The fourth-order valence-corrected chi connectivity index (χ4v) is 3.91. The lowest BCUT2D eigenvalue weighted by atomic mass is 10.2. The summed E-state index contributed by atoms with van der Waals surface area (Å²) in [6.45, 7) is 4.44. The molecule has 0 unspecified atom stereocenters. The third-order valence-electron chi connectivity index (χ3n) is 5.91. The van der Waals surface area contributed by atoms with E-state index in [0.717, 1.165) is 16.8 Å². The molecule has 6 aromatic rings. The molecule has 39 heavy (non-hydrogen) atoms. The molecule has 0 atom stereocenters. The van der Waals surface area contributed by atoms with Gasteiger partial charge in [-0.2, -0.15) is 0 Å². The van der Waals surface area contributed by atoms with Gasteiger partial charge in [-0.25, -0.2) is 19.9 Å².